The summed E-state index contributed by atoms with van der Waals surface area (Å²) in [7, 11) is 3.17. The van der Waals surface area contributed by atoms with Crippen LogP contribution >= 0.6 is 11.6 Å². The number of rotatable bonds is 7. The molecule has 33 heavy (non-hydrogen) atoms. The normalized spacial score (nSPS) is 14.3. The highest BCUT2D eigenvalue weighted by atomic mass is 35.5. The predicted octanol–water partition coefficient (Wildman–Crippen LogP) is 2.59. The fraction of sp³-hybridized carbons (Fsp3) is 0.375. The number of hydrogen-bond acceptors (Lipinski definition) is 5. The average molecular weight is 473 g/mol. The fourth-order valence-electron chi connectivity index (χ4n) is 3.65. The summed E-state index contributed by atoms with van der Waals surface area (Å²) in [6.07, 6.45) is 0.764. The molecule has 3 amide bonds. The topological polar surface area (TPSA) is 82.2 Å². The van der Waals surface area contributed by atoms with Crippen molar-refractivity contribution in [1.29, 1.82) is 0 Å². The molecule has 0 atom stereocenters. The molecular weight excluding hydrogens is 444 g/mol. The molecule has 1 aliphatic rings. The third-order valence-electron chi connectivity index (χ3n) is 5.47. The lowest BCUT2D eigenvalue weighted by molar-refractivity contribution is -0.134. The van der Waals surface area contributed by atoms with E-state index in [0.29, 0.717) is 48.2 Å². The summed E-state index contributed by atoms with van der Waals surface area (Å²) in [5, 5.41) is 3.30. The van der Waals surface area contributed by atoms with Crippen LogP contribution in [-0.2, 0) is 9.59 Å². The van der Waals surface area contributed by atoms with Crippen LogP contribution in [0.1, 0.15) is 16.8 Å². The second-order valence-corrected chi connectivity index (χ2v) is 8.40. The number of nitrogens with one attached hydrogen (secondary N) is 1. The molecule has 1 fully saturated rings. The predicted molar refractivity (Wildman–Crippen MR) is 128 cm³/mol. The first-order valence-electron chi connectivity index (χ1n) is 10.8. The highest BCUT2D eigenvalue weighted by Gasteiger charge is 2.23. The van der Waals surface area contributed by atoms with E-state index in [1.165, 1.54) is 4.90 Å². The molecule has 2 aromatic carbocycles. The van der Waals surface area contributed by atoms with Gasteiger partial charge in [0, 0.05) is 55.6 Å². The Kier molecular flexibility index (Phi) is 8.68. The van der Waals surface area contributed by atoms with Crippen molar-refractivity contribution in [2.24, 2.45) is 0 Å². The lowest BCUT2D eigenvalue weighted by atomic mass is 10.2. The van der Waals surface area contributed by atoms with Crippen LogP contribution in [-0.4, -0.2) is 85.8 Å². The van der Waals surface area contributed by atoms with Crippen LogP contribution in [0, 0.1) is 0 Å². The minimum atomic E-state index is -0.284. The molecule has 1 saturated heterocycles. The van der Waals surface area contributed by atoms with E-state index in [1.54, 1.807) is 67.6 Å². The van der Waals surface area contributed by atoms with Crippen molar-refractivity contribution >= 4 is 35.0 Å². The first-order chi connectivity index (χ1) is 15.9. The summed E-state index contributed by atoms with van der Waals surface area (Å²) in [5.74, 6) is 0.150. The number of hydrogen-bond donors (Lipinski definition) is 1. The van der Waals surface area contributed by atoms with E-state index >= 15 is 0 Å². The number of likely N-dealkylation sites (N-methyl/N-ethyl adjacent to an activating group) is 1. The zero-order valence-electron chi connectivity index (χ0n) is 18.9. The van der Waals surface area contributed by atoms with Crippen LogP contribution in [0.3, 0.4) is 0 Å². The molecule has 9 heteroatoms. The van der Waals surface area contributed by atoms with Gasteiger partial charge in [0.15, 0.2) is 0 Å². The number of benzene rings is 2. The summed E-state index contributed by atoms with van der Waals surface area (Å²) in [5.41, 5.74) is 1.17. The summed E-state index contributed by atoms with van der Waals surface area (Å²) in [6.45, 7) is 2.58. The molecule has 1 N–H and O–H groups in total. The number of ether oxygens (including phenoxy) is 1. The first kappa shape index (κ1) is 24.5. The largest absolute Gasteiger partial charge is 0.497 e. The SMILES string of the molecule is COc1cccc(NC(=O)CN(C)C(=O)CN2CCCN(C(=O)c3cccc(Cl)c3)CC2)c1. The highest BCUT2D eigenvalue weighted by molar-refractivity contribution is 6.30. The van der Waals surface area contributed by atoms with E-state index in [0.717, 1.165) is 6.42 Å². The Balaban J connectivity index is 1.47. The van der Waals surface area contributed by atoms with Crippen molar-refractivity contribution in [3.8, 4) is 5.75 Å². The third kappa shape index (κ3) is 7.20. The van der Waals surface area contributed by atoms with Crippen molar-refractivity contribution in [2.45, 2.75) is 6.42 Å². The van der Waals surface area contributed by atoms with Crippen molar-refractivity contribution < 1.29 is 19.1 Å². The van der Waals surface area contributed by atoms with Crippen molar-refractivity contribution in [3.63, 3.8) is 0 Å². The summed E-state index contributed by atoms with van der Waals surface area (Å²) < 4.78 is 5.15. The fourth-order valence-corrected chi connectivity index (χ4v) is 3.84. The van der Waals surface area contributed by atoms with Gasteiger partial charge in [-0.05, 0) is 36.8 Å². The molecule has 0 saturated carbocycles. The second kappa shape index (κ2) is 11.7. The van der Waals surface area contributed by atoms with Crippen LogP contribution < -0.4 is 10.1 Å². The summed E-state index contributed by atoms with van der Waals surface area (Å²) in [6, 6.07) is 14.0. The van der Waals surface area contributed by atoms with Gasteiger partial charge < -0.3 is 19.9 Å². The first-order valence-corrected chi connectivity index (χ1v) is 11.2. The maximum absolute atomic E-state index is 12.8. The summed E-state index contributed by atoms with van der Waals surface area (Å²) >= 11 is 6.01. The Morgan fingerprint density at radius 3 is 2.61 bits per heavy atom. The molecular formula is C24H29ClN4O4. The standard InChI is InChI=1S/C24H29ClN4O4/c1-27(16-22(30)26-20-8-4-9-21(15-20)33-2)23(31)17-28-10-5-11-29(13-12-28)24(32)18-6-3-7-19(25)14-18/h3-4,6-9,14-15H,5,10-13,16-17H2,1-2H3,(H,26,30). The number of methoxy groups -OCH3 is 1. The Morgan fingerprint density at radius 2 is 1.85 bits per heavy atom. The number of carbonyl (C=O) groups is 3. The van der Waals surface area contributed by atoms with E-state index in [9.17, 15) is 14.4 Å². The van der Waals surface area contributed by atoms with Crippen molar-refractivity contribution in [2.75, 3.05) is 58.7 Å². The van der Waals surface area contributed by atoms with Gasteiger partial charge in [-0.3, -0.25) is 19.3 Å². The van der Waals surface area contributed by atoms with E-state index in [1.807, 2.05) is 4.90 Å². The van der Waals surface area contributed by atoms with E-state index in [-0.39, 0.29) is 30.8 Å². The maximum atomic E-state index is 12.8. The molecule has 1 heterocycles. The van der Waals surface area contributed by atoms with Gasteiger partial charge in [0.1, 0.15) is 5.75 Å². The molecule has 1 aliphatic heterocycles. The minimum Gasteiger partial charge on any atom is -0.497 e. The molecule has 2 aromatic rings. The Labute approximate surface area is 199 Å². The van der Waals surface area contributed by atoms with Gasteiger partial charge in [-0.25, -0.2) is 0 Å². The maximum Gasteiger partial charge on any atom is 0.253 e. The van der Waals surface area contributed by atoms with E-state index in [4.69, 9.17) is 16.3 Å². The lowest BCUT2D eigenvalue weighted by Crippen LogP contribution is -2.43. The monoisotopic (exact) mass is 472 g/mol. The van der Waals surface area contributed by atoms with E-state index in [2.05, 4.69) is 5.32 Å². The van der Waals surface area contributed by atoms with Crippen molar-refractivity contribution in [1.82, 2.24) is 14.7 Å². The van der Waals surface area contributed by atoms with Gasteiger partial charge in [0.05, 0.1) is 20.2 Å². The molecule has 176 valence electrons. The Morgan fingerprint density at radius 1 is 1.06 bits per heavy atom. The molecule has 8 nitrogen and oxygen atoms in total. The van der Waals surface area contributed by atoms with Gasteiger partial charge in [-0.1, -0.05) is 23.7 Å². The number of nitrogens with zero attached hydrogens (tertiary/aromatic N) is 3. The van der Waals surface area contributed by atoms with Gasteiger partial charge in [0.2, 0.25) is 11.8 Å². The Bertz CT molecular complexity index is 1000. The summed E-state index contributed by atoms with van der Waals surface area (Å²) in [4.78, 5) is 43.0. The smallest absolute Gasteiger partial charge is 0.253 e. The number of amides is 3. The van der Waals surface area contributed by atoms with Crippen LogP contribution in [0.25, 0.3) is 0 Å². The zero-order valence-corrected chi connectivity index (χ0v) is 19.7. The molecule has 0 spiro atoms. The van der Waals surface area contributed by atoms with Crippen LogP contribution in [0.2, 0.25) is 5.02 Å². The second-order valence-electron chi connectivity index (χ2n) is 7.96. The average Bonchev–Trinajstić information content (AvgIpc) is 3.04. The molecule has 3 rings (SSSR count). The van der Waals surface area contributed by atoms with Gasteiger partial charge in [-0.15, -0.1) is 0 Å². The lowest BCUT2D eigenvalue weighted by Gasteiger charge is -2.24. The highest BCUT2D eigenvalue weighted by Crippen LogP contribution is 2.17. The van der Waals surface area contributed by atoms with Crippen LogP contribution in [0.5, 0.6) is 5.75 Å². The zero-order chi connectivity index (χ0) is 23.8. The number of halogens is 1. The number of carbonyl (C=O) groups excluding carboxylic acids is 3. The van der Waals surface area contributed by atoms with Crippen LogP contribution in [0.15, 0.2) is 48.5 Å². The number of anilines is 1. The Hall–Kier alpha value is -3.10. The minimum absolute atomic E-state index is 0.0523. The van der Waals surface area contributed by atoms with Gasteiger partial charge in [-0.2, -0.15) is 0 Å². The van der Waals surface area contributed by atoms with E-state index < -0.39 is 0 Å². The van der Waals surface area contributed by atoms with Crippen molar-refractivity contribution in [3.05, 3.63) is 59.1 Å². The molecule has 0 aliphatic carbocycles. The molecule has 0 radical (unpaired) electrons. The van der Waals surface area contributed by atoms with Gasteiger partial charge in [0.25, 0.3) is 5.91 Å². The molecule has 0 bridgehead atoms. The molecule has 0 aromatic heterocycles. The van der Waals surface area contributed by atoms with Gasteiger partial charge >= 0.3 is 0 Å². The quantitative estimate of drug-likeness (QED) is 0.669. The third-order valence-corrected chi connectivity index (χ3v) is 5.70. The van der Waals surface area contributed by atoms with Crippen LogP contribution in [0.4, 0.5) is 5.69 Å². The molecule has 0 unspecified atom stereocenters.